The maximum absolute atomic E-state index is 12.0. The second kappa shape index (κ2) is 7.64. The van der Waals surface area contributed by atoms with Crippen molar-refractivity contribution >= 4 is 17.6 Å². The molecule has 5 heteroatoms. The summed E-state index contributed by atoms with van der Waals surface area (Å²) in [5.74, 6) is 0.0690. The van der Waals surface area contributed by atoms with Crippen molar-refractivity contribution in [3.05, 3.63) is 40.5 Å². The second-order valence-corrected chi connectivity index (χ2v) is 6.23. The second-order valence-electron chi connectivity index (χ2n) is 5.79. The van der Waals surface area contributed by atoms with Crippen molar-refractivity contribution in [2.24, 2.45) is 5.92 Å². The monoisotopic (exact) mass is 334 g/mol. The average Bonchev–Trinajstić information content (AvgIpc) is 2.93. The van der Waals surface area contributed by atoms with E-state index in [4.69, 9.17) is 16.3 Å². The third-order valence-electron chi connectivity index (χ3n) is 3.92. The van der Waals surface area contributed by atoms with Crippen LogP contribution in [0.15, 0.2) is 24.3 Å². The maximum atomic E-state index is 12.0. The van der Waals surface area contributed by atoms with E-state index in [2.05, 4.69) is 18.9 Å². The van der Waals surface area contributed by atoms with E-state index < -0.39 is 5.97 Å². The fourth-order valence-electron chi connectivity index (χ4n) is 2.37. The van der Waals surface area contributed by atoms with E-state index >= 15 is 0 Å². The van der Waals surface area contributed by atoms with Crippen molar-refractivity contribution in [1.29, 1.82) is 0 Å². The number of benzene rings is 1. The largest absolute Gasteiger partial charge is 0.461 e. The lowest BCUT2D eigenvalue weighted by atomic mass is 10.0. The number of carbonyl (C=O) groups excluding carboxylic acids is 1. The Kier molecular flexibility index (Phi) is 5.83. The van der Waals surface area contributed by atoms with E-state index in [0.717, 1.165) is 29.8 Å². The van der Waals surface area contributed by atoms with E-state index in [9.17, 15) is 4.79 Å². The quantitative estimate of drug-likeness (QED) is 0.717. The zero-order valence-corrected chi connectivity index (χ0v) is 14.9. The van der Waals surface area contributed by atoms with Crippen LogP contribution in [0, 0.1) is 12.8 Å². The smallest absolute Gasteiger partial charge is 0.358 e. The van der Waals surface area contributed by atoms with Gasteiger partial charge < -0.3 is 4.74 Å². The van der Waals surface area contributed by atoms with Gasteiger partial charge in [-0.1, -0.05) is 37.9 Å². The highest BCUT2D eigenvalue weighted by Crippen LogP contribution is 2.28. The number of rotatable bonds is 6. The molecule has 2 aromatic rings. The van der Waals surface area contributed by atoms with Gasteiger partial charge in [0.1, 0.15) is 0 Å². The molecule has 0 saturated carbocycles. The van der Waals surface area contributed by atoms with Gasteiger partial charge in [-0.25, -0.2) is 4.79 Å². The molecule has 1 unspecified atom stereocenters. The molecular weight excluding hydrogens is 312 g/mol. The molecule has 1 aromatic heterocycles. The predicted octanol–water partition coefficient (Wildman–Crippen LogP) is 4.73. The van der Waals surface area contributed by atoms with Crippen LogP contribution in [0.4, 0.5) is 0 Å². The number of ether oxygens (including phenoxy) is 1. The lowest BCUT2D eigenvalue weighted by molar-refractivity contribution is 0.0518. The molecule has 0 aliphatic carbocycles. The molecule has 4 nitrogen and oxygen atoms in total. The molecule has 2 rings (SSSR count). The number of hydrogen-bond donors (Lipinski definition) is 0. The molecule has 0 fully saturated rings. The summed E-state index contributed by atoms with van der Waals surface area (Å²) >= 11 is 6.15. The van der Waals surface area contributed by atoms with Crippen molar-refractivity contribution in [2.45, 2.75) is 40.7 Å². The number of nitrogens with zero attached hydrogens (tertiary/aromatic N) is 2. The average molecular weight is 335 g/mol. The van der Waals surface area contributed by atoms with Crippen LogP contribution in [0.1, 0.15) is 43.2 Å². The van der Waals surface area contributed by atoms with Crippen molar-refractivity contribution in [3.8, 4) is 11.3 Å². The Morgan fingerprint density at radius 3 is 2.74 bits per heavy atom. The molecule has 0 saturated heterocycles. The summed E-state index contributed by atoms with van der Waals surface area (Å²) in [6, 6.07) is 7.54. The molecule has 0 spiro atoms. The summed E-state index contributed by atoms with van der Waals surface area (Å²) in [7, 11) is 0. The van der Waals surface area contributed by atoms with Gasteiger partial charge in [-0.05, 0) is 43.5 Å². The Morgan fingerprint density at radius 2 is 2.09 bits per heavy atom. The minimum Gasteiger partial charge on any atom is -0.461 e. The molecule has 0 aliphatic rings. The fourth-order valence-corrected chi connectivity index (χ4v) is 2.54. The number of hydrogen-bond acceptors (Lipinski definition) is 3. The Bertz CT molecular complexity index is 694. The molecule has 0 bridgehead atoms. The lowest BCUT2D eigenvalue weighted by Gasteiger charge is -2.13. The minimum absolute atomic E-state index is 0.336. The summed E-state index contributed by atoms with van der Waals surface area (Å²) in [6.07, 6.45) is 1.04. The Morgan fingerprint density at radius 1 is 1.35 bits per heavy atom. The normalized spacial score (nSPS) is 12.2. The number of aryl methyl sites for hydroxylation is 1. The van der Waals surface area contributed by atoms with Gasteiger partial charge in [-0.3, -0.25) is 4.68 Å². The lowest BCUT2D eigenvalue weighted by Crippen LogP contribution is -2.12. The number of aromatic nitrogens is 2. The third kappa shape index (κ3) is 4.14. The summed E-state index contributed by atoms with van der Waals surface area (Å²) < 4.78 is 6.96. The summed E-state index contributed by atoms with van der Waals surface area (Å²) in [4.78, 5) is 12.0. The number of esters is 1. The van der Waals surface area contributed by atoms with Crippen LogP contribution in [0.5, 0.6) is 0 Å². The molecule has 0 aliphatic heterocycles. The SMILES string of the molecule is CCOC(=O)c1cc(-c2cc(Cl)ccc2C)n(CC(C)CC)n1. The van der Waals surface area contributed by atoms with E-state index in [1.54, 1.807) is 13.0 Å². The molecule has 0 amide bonds. The molecular formula is C18H23ClN2O2. The topological polar surface area (TPSA) is 44.1 Å². The highest BCUT2D eigenvalue weighted by Gasteiger charge is 2.18. The van der Waals surface area contributed by atoms with Crippen LogP contribution in [0.3, 0.4) is 0 Å². The summed E-state index contributed by atoms with van der Waals surface area (Å²) in [6.45, 7) is 9.21. The van der Waals surface area contributed by atoms with Gasteiger partial charge in [0, 0.05) is 17.1 Å². The van der Waals surface area contributed by atoms with Crippen molar-refractivity contribution < 1.29 is 9.53 Å². The van der Waals surface area contributed by atoms with E-state index in [0.29, 0.717) is 23.2 Å². The summed E-state index contributed by atoms with van der Waals surface area (Å²) in [5.41, 5.74) is 3.32. The Labute approximate surface area is 142 Å². The molecule has 0 radical (unpaired) electrons. The molecule has 1 heterocycles. The van der Waals surface area contributed by atoms with Gasteiger partial charge in [-0.2, -0.15) is 5.10 Å². The van der Waals surface area contributed by atoms with E-state index in [1.807, 2.05) is 29.8 Å². The standard InChI is InChI=1S/C18H23ClN2O2/c1-5-12(3)11-21-17(10-16(20-21)18(22)23-6-2)15-9-14(19)8-7-13(15)4/h7-10,12H,5-6,11H2,1-4H3. The first-order valence-corrected chi connectivity index (χ1v) is 8.35. The van der Waals surface area contributed by atoms with Gasteiger partial charge in [0.15, 0.2) is 5.69 Å². The first-order chi connectivity index (χ1) is 11.0. The van der Waals surface area contributed by atoms with Crippen molar-refractivity contribution in [3.63, 3.8) is 0 Å². The van der Waals surface area contributed by atoms with Crippen LogP contribution in [-0.2, 0) is 11.3 Å². The molecule has 1 atom stereocenters. The van der Waals surface area contributed by atoms with Crippen LogP contribution >= 0.6 is 11.6 Å². The number of halogens is 1. The van der Waals surface area contributed by atoms with E-state index in [-0.39, 0.29) is 0 Å². The van der Waals surface area contributed by atoms with Crippen LogP contribution in [0.25, 0.3) is 11.3 Å². The Hall–Kier alpha value is -1.81. The first-order valence-electron chi connectivity index (χ1n) is 7.97. The van der Waals surface area contributed by atoms with Gasteiger partial charge in [0.25, 0.3) is 0 Å². The fraction of sp³-hybridized carbons (Fsp3) is 0.444. The van der Waals surface area contributed by atoms with Gasteiger partial charge in [0.05, 0.1) is 12.3 Å². The Balaban J connectivity index is 2.50. The van der Waals surface area contributed by atoms with Gasteiger partial charge in [0.2, 0.25) is 0 Å². The maximum Gasteiger partial charge on any atom is 0.358 e. The molecule has 124 valence electrons. The van der Waals surface area contributed by atoms with Crippen LogP contribution in [0.2, 0.25) is 5.02 Å². The third-order valence-corrected chi connectivity index (χ3v) is 4.16. The van der Waals surface area contributed by atoms with E-state index in [1.165, 1.54) is 0 Å². The van der Waals surface area contributed by atoms with Gasteiger partial charge >= 0.3 is 5.97 Å². The highest BCUT2D eigenvalue weighted by molar-refractivity contribution is 6.30. The van der Waals surface area contributed by atoms with Crippen LogP contribution < -0.4 is 0 Å². The molecule has 23 heavy (non-hydrogen) atoms. The molecule has 0 N–H and O–H groups in total. The zero-order chi connectivity index (χ0) is 17.0. The summed E-state index contributed by atoms with van der Waals surface area (Å²) in [5, 5.41) is 5.13. The van der Waals surface area contributed by atoms with Crippen molar-refractivity contribution in [2.75, 3.05) is 6.61 Å². The zero-order valence-electron chi connectivity index (χ0n) is 14.1. The van der Waals surface area contributed by atoms with Gasteiger partial charge in [-0.15, -0.1) is 0 Å². The van der Waals surface area contributed by atoms with Crippen molar-refractivity contribution in [1.82, 2.24) is 9.78 Å². The molecule has 1 aromatic carbocycles. The predicted molar refractivity (Wildman–Crippen MR) is 92.8 cm³/mol. The number of carbonyl (C=O) groups is 1. The minimum atomic E-state index is -0.392. The van der Waals surface area contributed by atoms with Crippen LogP contribution in [-0.4, -0.2) is 22.4 Å². The highest BCUT2D eigenvalue weighted by atomic mass is 35.5. The first kappa shape index (κ1) is 17.5.